The summed E-state index contributed by atoms with van der Waals surface area (Å²) in [7, 11) is 0. The number of aromatic nitrogens is 1. The molecule has 0 bridgehead atoms. The molecule has 1 aromatic heterocycles. The van der Waals surface area contributed by atoms with E-state index in [0.717, 1.165) is 12.8 Å². The summed E-state index contributed by atoms with van der Waals surface area (Å²) < 4.78 is 11.1. The zero-order chi connectivity index (χ0) is 17.7. The Morgan fingerprint density at radius 2 is 2.17 bits per heavy atom. The molecule has 1 fully saturated rings. The van der Waals surface area contributed by atoms with Crippen molar-refractivity contribution in [3.8, 4) is 5.88 Å². The highest BCUT2D eigenvalue weighted by molar-refractivity contribution is 5.92. The Balaban J connectivity index is 1.88. The fraction of sp³-hybridized carbons (Fsp3) is 0.588. The van der Waals surface area contributed by atoms with Crippen LogP contribution in [0.4, 0.5) is 4.79 Å². The summed E-state index contributed by atoms with van der Waals surface area (Å²) in [5, 5.41) is 0. The number of nitrogens with two attached hydrogens (primary N) is 1. The molecule has 1 atom stereocenters. The van der Waals surface area contributed by atoms with Crippen LogP contribution in [0.2, 0.25) is 0 Å². The molecule has 2 N–H and O–H groups in total. The van der Waals surface area contributed by atoms with Crippen molar-refractivity contribution in [2.24, 2.45) is 11.7 Å². The summed E-state index contributed by atoms with van der Waals surface area (Å²) in [4.78, 5) is 29.1. The summed E-state index contributed by atoms with van der Waals surface area (Å²) in [6.45, 7) is 7.27. The number of nitrogens with zero attached hydrogens (tertiary/aromatic N) is 2. The van der Waals surface area contributed by atoms with E-state index in [9.17, 15) is 9.59 Å². The lowest BCUT2D eigenvalue weighted by atomic mass is 9.99. The van der Waals surface area contributed by atoms with Crippen LogP contribution in [-0.2, 0) is 4.74 Å². The van der Waals surface area contributed by atoms with Crippen molar-refractivity contribution in [3.05, 3.63) is 23.9 Å². The van der Waals surface area contributed by atoms with Gasteiger partial charge >= 0.3 is 6.09 Å². The molecule has 7 nitrogen and oxygen atoms in total. The van der Waals surface area contributed by atoms with Crippen molar-refractivity contribution in [1.29, 1.82) is 0 Å². The highest BCUT2D eigenvalue weighted by Gasteiger charge is 2.28. The normalized spacial score (nSPS) is 18.1. The summed E-state index contributed by atoms with van der Waals surface area (Å²) in [5.41, 5.74) is 5.10. The zero-order valence-electron chi connectivity index (χ0n) is 14.4. The number of piperidine rings is 1. The quantitative estimate of drug-likeness (QED) is 0.910. The van der Waals surface area contributed by atoms with Gasteiger partial charge in [0.25, 0.3) is 0 Å². The maximum atomic E-state index is 12.2. The van der Waals surface area contributed by atoms with Crippen molar-refractivity contribution in [2.45, 2.75) is 39.2 Å². The standard InChI is InChI=1S/C17H25N3O4/c1-17(2,3)24-16(22)20-8-4-5-12(10-20)11-23-14-9-13(15(18)21)6-7-19-14/h6-7,9,12H,4-5,8,10-11H2,1-3H3,(H2,18,21). The van der Waals surface area contributed by atoms with Gasteiger partial charge in [-0.3, -0.25) is 4.79 Å². The topological polar surface area (TPSA) is 94.7 Å². The minimum atomic E-state index is -0.518. The third-order valence-corrected chi connectivity index (χ3v) is 3.66. The molecule has 2 heterocycles. The number of ether oxygens (including phenoxy) is 2. The van der Waals surface area contributed by atoms with Crippen molar-refractivity contribution in [3.63, 3.8) is 0 Å². The van der Waals surface area contributed by atoms with Crippen molar-refractivity contribution in [2.75, 3.05) is 19.7 Å². The molecule has 0 spiro atoms. The average molecular weight is 335 g/mol. The third kappa shape index (κ3) is 5.40. The van der Waals surface area contributed by atoms with Gasteiger partial charge in [0, 0.05) is 36.8 Å². The van der Waals surface area contributed by atoms with Gasteiger partial charge in [0.1, 0.15) is 5.60 Å². The first-order valence-electron chi connectivity index (χ1n) is 8.11. The van der Waals surface area contributed by atoms with Crippen LogP contribution >= 0.6 is 0 Å². The Hall–Kier alpha value is -2.31. The lowest BCUT2D eigenvalue weighted by Crippen LogP contribution is -2.44. The van der Waals surface area contributed by atoms with Crippen LogP contribution in [0.5, 0.6) is 5.88 Å². The molecule has 132 valence electrons. The van der Waals surface area contributed by atoms with Gasteiger partial charge in [0.2, 0.25) is 11.8 Å². The second-order valence-electron chi connectivity index (χ2n) is 6.99. The summed E-state index contributed by atoms with van der Waals surface area (Å²) in [5.74, 6) is 0.0435. The lowest BCUT2D eigenvalue weighted by Gasteiger charge is -2.33. The molecule has 0 radical (unpaired) electrons. The number of hydrogen-bond donors (Lipinski definition) is 1. The first-order chi connectivity index (χ1) is 11.2. The molecule has 2 amide bonds. The van der Waals surface area contributed by atoms with E-state index in [2.05, 4.69) is 4.98 Å². The Morgan fingerprint density at radius 3 is 2.83 bits per heavy atom. The molecule has 24 heavy (non-hydrogen) atoms. The van der Waals surface area contributed by atoms with Crippen LogP contribution in [0.15, 0.2) is 18.3 Å². The molecule has 1 aromatic rings. The van der Waals surface area contributed by atoms with E-state index in [1.54, 1.807) is 11.0 Å². The molecule has 0 saturated carbocycles. The molecule has 0 aliphatic carbocycles. The highest BCUT2D eigenvalue weighted by Crippen LogP contribution is 2.20. The second-order valence-corrected chi connectivity index (χ2v) is 6.99. The Labute approximate surface area is 142 Å². The number of amides is 2. The maximum absolute atomic E-state index is 12.2. The zero-order valence-corrected chi connectivity index (χ0v) is 14.4. The molecule has 1 saturated heterocycles. The second kappa shape index (κ2) is 7.51. The van der Waals surface area contributed by atoms with Crippen molar-refractivity contribution in [1.82, 2.24) is 9.88 Å². The first-order valence-corrected chi connectivity index (χ1v) is 8.11. The van der Waals surface area contributed by atoms with E-state index in [-0.39, 0.29) is 12.0 Å². The van der Waals surface area contributed by atoms with Gasteiger partial charge in [-0.2, -0.15) is 0 Å². The number of carbonyl (C=O) groups excluding carboxylic acids is 2. The minimum Gasteiger partial charge on any atom is -0.477 e. The predicted octanol–water partition coefficient (Wildman–Crippen LogP) is 2.21. The van der Waals surface area contributed by atoms with Crippen LogP contribution < -0.4 is 10.5 Å². The van der Waals surface area contributed by atoms with Gasteiger partial charge in [-0.05, 0) is 39.7 Å². The number of primary amides is 1. The third-order valence-electron chi connectivity index (χ3n) is 3.66. The molecular formula is C17H25N3O4. The van der Waals surface area contributed by atoms with Crippen molar-refractivity contribution >= 4 is 12.0 Å². The Morgan fingerprint density at radius 1 is 1.42 bits per heavy atom. The molecule has 0 aromatic carbocycles. The molecule has 1 unspecified atom stereocenters. The van der Waals surface area contributed by atoms with Crippen molar-refractivity contribution < 1.29 is 19.1 Å². The predicted molar refractivity (Wildman–Crippen MR) is 88.8 cm³/mol. The van der Waals surface area contributed by atoms with Crippen LogP contribution in [0.3, 0.4) is 0 Å². The summed E-state index contributed by atoms with van der Waals surface area (Å²) in [6, 6.07) is 3.07. The SMILES string of the molecule is CC(C)(C)OC(=O)N1CCCC(COc2cc(C(N)=O)ccn2)C1. The van der Waals surface area contributed by atoms with Crippen LogP contribution in [0.1, 0.15) is 44.0 Å². The Kier molecular flexibility index (Phi) is 5.64. The molecule has 1 aliphatic heterocycles. The van der Waals surface area contributed by atoms with Gasteiger partial charge in [-0.25, -0.2) is 9.78 Å². The molecule has 1 aliphatic rings. The van der Waals surface area contributed by atoms with Gasteiger partial charge in [0.05, 0.1) is 6.61 Å². The van der Waals surface area contributed by atoms with E-state index < -0.39 is 11.5 Å². The summed E-state index contributed by atoms with van der Waals surface area (Å²) in [6.07, 6.45) is 3.07. The van der Waals surface area contributed by atoms with Gasteiger partial charge in [0.15, 0.2) is 0 Å². The number of rotatable bonds is 4. The largest absolute Gasteiger partial charge is 0.477 e. The fourth-order valence-electron chi connectivity index (χ4n) is 2.54. The smallest absolute Gasteiger partial charge is 0.410 e. The van der Waals surface area contributed by atoms with E-state index >= 15 is 0 Å². The van der Waals surface area contributed by atoms with Gasteiger partial charge < -0.3 is 20.1 Å². The number of hydrogen-bond acceptors (Lipinski definition) is 5. The fourth-order valence-corrected chi connectivity index (χ4v) is 2.54. The monoisotopic (exact) mass is 335 g/mol. The first kappa shape index (κ1) is 18.0. The van der Waals surface area contributed by atoms with E-state index in [1.807, 2.05) is 20.8 Å². The number of likely N-dealkylation sites (tertiary alicyclic amines) is 1. The van der Waals surface area contributed by atoms with Gasteiger partial charge in [-0.15, -0.1) is 0 Å². The maximum Gasteiger partial charge on any atom is 0.410 e. The van der Waals surface area contributed by atoms with E-state index in [4.69, 9.17) is 15.2 Å². The molecule has 7 heteroatoms. The number of pyridine rings is 1. The molecule has 2 rings (SSSR count). The van der Waals surface area contributed by atoms with Crippen LogP contribution in [0, 0.1) is 5.92 Å². The molecular weight excluding hydrogens is 310 g/mol. The summed E-state index contributed by atoms with van der Waals surface area (Å²) >= 11 is 0. The van der Waals surface area contributed by atoms with Crippen LogP contribution in [-0.4, -0.2) is 47.2 Å². The lowest BCUT2D eigenvalue weighted by molar-refractivity contribution is 0.0138. The van der Waals surface area contributed by atoms with E-state index in [1.165, 1.54) is 12.3 Å². The minimum absolute atomic E-state index is 0.199. The number of carbonyl (C=O) groups is 2. The Bertz CT molecular complexity index is 598. The van der Waals surface area contributed by atoms with Crippen LogP contribution in [0.25, 0.3) is 0 Å². The van der Waals surface area contributed by atoms with Gasteiger partial charge in [-0.1, -0.05) is 0 Å². The average Bonchev–Trinajstić information content (AvgIpc) is 2.52. The highest BCUT2D eigenvalue weighted by atomic mass is 16.6. The van der Waals surface area contributed by atoms with E-state index in [0.29, 0.717) is 31.1 Å².